The van der Waals surface area contributed by atoms with Crippen LogP contribution >= 0.6 is 11.3 Å². The predicted octanol–water partition coefficient (Wildman–Crippen LogP) is 4.53. The number of carbonyl (C=O) groups excluding carboxylic acids is 1. The molecule has 9 heteroatoms. The van der Waals surface area contributed by atoms with E-state index in [1.807, 2.05) is 18.2 Å². The van der Waals surface area contributed by atoms with Crippen LogP contribution in [-0.2, 0) is 0 Å². The summed E-state index contributed by atoms with van der Waals surface area (Å²) in [6.07, 6.45) is 6.54. The highest BCUT2D eigenvalue weighted by Crippen LogP contribution is 2.30. The van der Waals surface area contributed by atoms with E-state index in [0.29, 0.717) is 16.4 Å². The fourth-order valence-electron chi connectivity index (χ4n) is 3.17. The summed E-state index contributed by atoms with van der Waals surface area (Å²) < 4.78 is 14.4. The molecule has 0 saturated heterocycles. The minimum atomic E-state index is -0.620. The second kappa shape index (κ2) is 7.45. The molecular formula is C21H13FN6OS. The quantitative estimate of drug-likeness (QED) is 0.449. The molecule has 30 heavy (non-hydrogen) atoms. The van der Waals surface area contributed by atoms with Crippen molar-refractivity contribution in [1.29, 1.82) is 0 Å². The van der Waals surface area contributed by atoms with Gasteiger partial charge in [-0.05, 0) is 35.9 Å². The summed E-state index contributed by atoms with van der Waals surface area (Å²) in [6, 6.07) is 10.1. The normalized spacial score (nSPS) is 11.0. The van der Waals surface area contributed by atoms with Gasteiger partial charge >= 0.3 is 0 Å². The molecule has 0 aliphatic carbocycles. The number of halogens is 1. The summed E-state index contributed by atoms with van der Waals surface area (Å²) in [6.45, 7) is 0. The fraction of sp³-hybridized carbons (Fsp3) is 0. The van der Waals surface area contributed by atoms with E-state index in [2.05, 4.69) is 30.5 Å². The van der Waals surface area contributed by atoms with Gasteiger partial charge in [-0.15, -0.1) is 11.3 Å². The van der Waals surface area contributed by atoms with Crippen LogP contribution in [0.2, 0.25) is 0 Å². The minimum Gasteiger partial charge on any atom is -0.298 e. The third-order valence-electron chi connectivity index (χ3n) is 4.60. The van der Waals surface area contributed by atoms with E-state index in [4.69, 9.17) is 0 Å². The molecule has 0 atom stereocenters. The first-order chi connectivity index (χ1) is 14.7. The molecule has 0 fully saturated rings. The smallest absolute Gasteiger partial charge is 0.260 e. The van der Waals surface area contributed by atoms with Crippen LogP contribution in [0.25, 0.3) is 33.3 Å². The van der Waals surface area contributed by atoms with Crippen molar-refractivity contribution < 1.29 is 9.18 Å². The summed E-state index contributed by atoms with van der Waals surface area (Å²) in [5, 5.41) is 12.3. The maximum absolute atomic E-state index is 14.4. The highest BCUT2D eigenvalue weighted by molar-refractivity contribution is 7.13. The number of H-pyrrole nitrogens is 1. The SMILES string of the molecule is O=C(Nc1nccs1)c1cc(-c2ncnc3ccc(-c4cn[nH]c4)cc23)ccc1F. The number of thiazole rings is 1. The van der Waals surface area contributed by atoms with Gasteiger partial charge in [0, 0.05) is 34.3 Å². The van der Waals surface area contributed by atoms with Crippen molar-refractivity contribution in [2.24, 2.45) is 0 Å². The lowest BCUT2D eigenvalue weighted by molar-refractivity contribution is 0.102. The molecule has 5 rings (SSSR count). The zero-order valence-electron chi connectivity index (χ0n) is 15.3. The van der Waals surface area contributed by atoms with Gasteiger partial charge < -0.3 is 0 Å². The van der Waals surface area contributed by atoms with Crippen molar-refractivity contribution in [3.05, 3.63) is 78.1 Å². The topological polar surface area (TPSA) is 96.5 Å². The summed E-state index contributed by atoms with van der Waals surface area (Å²) in [7, 11) is 0. The molecule has 146 valence electrons. The maximum Gasteiger partial charge on any atom is 0.260 e. The molecule has 0 unspecified atom stereocenters. The van der Waals surface area contributed by atoms with E-state index in [9.17, 15) is 9.18 Å². The Morgan fingerprint density at radius 2 is 1.93 bits per heavy atom. The van der Waals surface area contributed by atoms with Crippen LogP contribution in [0.15, 0.2) is 66.7 Å². The number of anilines is 1. The van der Waals surface area contributed by atoms with E-state index in [1.165, 1.54) is 29.8 Å². The summed E-state index contributed by atoms with van der Waals surface area (Å²) in [5.74, 6) is -1.19. The first-order valence-corrected chi connectivity index (χ1v) is 9.82. The predicted molar refractivity (Wildman–Crippen MR) is 113 cm³/mol. The molecule has 0 saturated carbocycles. The lowest BCUT2D eigenvalue weighted by Crippen LogP contribution is -2.13. The molecule has 3 aromatic heterocycles. The summed E-state index contributed by atoms with van der Waals surface area (Å²) in [4.78, 5) is 25.3. The maximum atomic E-state index is 14.4. The lowest BCUT2D eigenvalue weighted by atomic mass is 10.0. The number of rotatable bonds is 4. The zero-order valence-corrected chi connectivity index (χ0v) is 16.2. The molecule has 0 spiro atoms. The van der Waals surface area contributed by atoms with Gasteiger partial charge in [0.05, 0.1) is 23.0 Å². The third-order valence-corrected chi connectivity index (χ3v) is 5.29. The Kier molecular flexibility index (Phi) is 4.49. The molecule has 2 aromatic carbocycles. The van der Waals surface area contributed by atoms with Crippen molar-refractivity contribution in [2.45, 2.75) is 0 Å². The van der Waals surface area contributed by atoms with Crippen molar-refractivity contribution in [3.8, 4) is 22.4 Å². The largest absolute Gasteiger partial charge is 0.298 e. The Morgan fingerprint density at radius 1 is 1.03 bits per heavy atom. The lowest BCUT2D eigenvalue weighted by Gasteiger charge is -2.09. The Balaban J connectivity index is 1.60. The Labute approximate surface area is 173 Å². The van der Waals surface area contributed by atoms with Crippen LogP contribution in [0.3, 0.4) is 0 Å². The van der Waals surface area contributed by atoms with Gasteiger partial charge in [0.15, 0.2) is 5.13 Å². The van der Waals surface area contributed by atoms with E-state index >= 15 is 0 Å². The van der Waals surface area contributed by atoms with Crippen LogP contribution in [-0.4, -0.2) is 31.1 Å². The second-order valence-corrected chi connectivity index (χ2v) is 7.32. The number of aromatic amines is 1. The van der Waals surface area contributed by atoms with E-state index in [0.717, 1.165) is 22.0 Å². The summed E-state index contributed by atoms with van der Waals surface area (Å²) >= 11 is 1.26. The van der Waals surface area contributed by atoms with Gasteiger partial charge in [-0.2, -0.15) is 5.10 Å². The molecule has 2 N–H and O–H groups in total. The van der Waals surface area contributed by atoms with Crippen LogP contribution in [0.1, 0.15) is 10.4 Å². The molecule has 7 nitrogen and oxygen atoms in total. The van der Waals surface area contributed by atoms with Crippen LogP contribution in [0.5, 0.6) is 0 Å². The van der Waals surface area contributed by atoms with E-state index in [1.54, 1.807) is 30.0 Å². The zero-order chi connectivity index (χ0) is 20.5. The molecular weight excluding hydrogens is 403 g/mol. The van der Waals surface area contributed by atoms with Gasteiger partial charge in [-0.25, -0.2) is 19.3 Å². The molecule has 3 heterocycles. The molecule has 1 amide bonds. The standard InChI is InChI=1S/C21H13FN6OS/c22-17-3-1-13(8-15(17)20(29)28-21-23-5-6-30-21)19-16-7-12(14-9-26-27-10-14)2-4-18(16)24-11-25-19/h1-11H,(H,26,27)(H,23,28,29). The second-order valence-electron chi connectivity index (χ2n) is 6.43. The third kappa shape index (κ3) is 3.31. The molecule has 0 radical (unpaired) electrons. The van der Waals surface area contributed by atoms with Gasteiger partial charge in [0.1, 0.15) is 12.1 Å². The van der Waals surface area contributed by atoms with Gasteiger partial charge in [0.2, 0.25) is 0 Å². The van der Waals surface area contributed by atoms with Crippen molar-refractivity contribution in [1.82, 2.24) is 25.1 Å². The van der Waals surface area contributed by atoms with E-state index < -0.39 is 11.7 Å². The number of nitrogens with zero attached hydrogens (tertiary/aromatic N) is 4. The Morgan fingerprint density at radius 3 is 2.73 bits per heavy atom. The van der Waals surface area contributed by atoms with Crippen molar-refractivity contribution in [3.63, 3.8) is 0 Å². The summed E-state index contributed by atoms with van der Waals surface area (Å²) in [5.41, 5.74) is 3.74. The number of hydrogen-bond acceptors (Lipinski definition) is 6. The van der Waals surface area contributed by atoms with Crippen LogP contribution in [0.4, 0.5) is 9.52 Å². The molecule has 5 aromatic rings. The average molecular weight is 416 g/mol. The molecule has 0 bridgehead atoms. The molecule has 0 aliphatic heterocycles. The first-order valence-electron chi connectivity index (χ1n) is 8.94. The number of hydrogen-bond donors (Lipinski definition) is 2. The number of carbonyl (C=O) groups is 1. The van der Waals surface area contributed by atoms with E-state index in [-0.39, 0.29) is 5.56 Å². The monoisotopic (exact) mass is 416 g/mol. The molecule has 0 aliphatic rings. The number of aromatic nitrogens is 5. The number of nitrogens with one attached hydrogen (secondary N) is 2. The van der Waals surface area contributed by atoms with Crippen LogP contribution in [0, 0.1) is 5.82 Å². The van der Waals surface area contributed by atoms with Gasteiger partial charge in [0.25, 0.3) is 5.91 Å². The average Bonchev–Trinajstić information content (AvgIpc) is 3.48. The van der Waals surface area contributed by atoms with Gasteiger partial charge in [-0.1, -0.05) is 6.07 Å². The highest BCUT2D eigenvalue weighted by atomic mass is 32.1. The van der Waals surface area contributed by atoms with Crippen LogP contribution < -0.4 is 5.32 Å². The van der Waals surface area contributed by atoms with Crippen molar-refractivity contribution in [2.75, 3.05) is 5.32 Å². The fourth-order valence-corrected chi connectivity index (χ4v) is 3.70. The Bertz CT molecular complexity index is 1350. The number of fused-ring (bicyclic) bond motifs is 1. The highest BCUT2D eigenvalue weighted by Gasteiger charge is 2.16. The first kappa shape index (κ1) is 18.1. The van der Waals surface area contributed by atoms with Crippen molar-refractivity contribution >= 4 is 33.3 Å². The van der Waals surface area contributed by atoms with Gasteiger partial charge in [-0.3, -0.25) is 15.2 Å². The minimum absolute atomic E-state index is 0.0829. The Hall–Kier alpha value is -3.98. The number of amides is 1. The number of benzene rings is 2.